The minimum Gasteiger partial charge on any atom is -0.497 e. The fraction of sp³-hybridized carbons (Fsp3) is 0.381. The summed E-state index contributed by atoms with van der Waals surface area (Å²) in [6.07, 6.45) is 0. The fourth-order valence-corrected chi connectivity index (χ4v) is 3.44. The van der Waals surface area contributed by atoms with E-state index in [0.29, 0.717) is 30.3 Å². The van der Waals surface area contributed by atoms with Crippen molar-refractivity contribution in [2.24, 2.45) is 0 Å². The first-order valence-electron chi connectivity index (χ1n) is 9.13. The summed E-state index contributed by atoms with van der Waals surface area (Å²) in [4.78, 5) is 17.0. The molecule has 0 bridgehead atoms. The van der Waals surface area contributed by atoms with Crippen LogP contribution in [0.25, 0.3) is 0 Å². The van der Waals surface area contributed by atoms with E-state index in [1.165, 1.54) is 11.3 Å². The summed E-state index contributed by atoms with van der Waals surface area (Å²) in [5.74, 6) is 1.28. The molecule has 0 aliphatic carbocycles. The van der Waals surface area contributed by atoms with Gasteiger partial charge in [0.25, 0.3) is 0 Å². The summed E-state index contributed by atoms with van der Waals surface area (Å²) in [7, 11) is 3.18. The highest BCUT2D eigenvalue weighted by Crippen LogP contribution is 2.29. The Kier molecular flexibility index (Phi) is 5.74. The number of urea groups is 1. The van der Waals surface area contributed by atoms with Gasteiger partial charge < -0.3 is 24.6 Å². The van der Waals surface area contributed by atoms with Gasteiger partial charge in [0.1, 0.15) is 11.5 Å². The highest BCUT2D eigenvalue weighted by atomic mass is 16.5. The lowest BCUT2D eigenvalue weighted by Gasteiger charge is -2.41. The largest absolute Gasteiger partial charge is 0.497 e. The molecule has 6 nitrogen and oxygen atoms in total. The maximum atomic E-state index is 12.8. The molecule has 0 spiro atoms. The molecule has 1 N–H and O–H groups in total. The molecule has 2 aromatic carbocycles. The van der Waals surface area contributed by atoms with E-state index in [4.69, 9.17) is 9.47 Å². The van der Waals surface area contributed by atoms with Crippen molar-refractivity contribution in [2.45, 2.75) is 19.9 Å². The van der Waals surface area contributed by atoms with Crippen LogP contribution >= 0.6 is 0 Å². The van der Waals surface area contributed by atoms with Crippen LogP contribution in [0.4, 0.5) is 16.2 Å². The Morgan fingerprint density at radius 1 is 1.11 bits per heavy atom. The van der Waals surface area contributed by atoms with Crippen molar-refractivity contribution < 1.29 is 14.3 Å². The van der Waals surface area contributed by atoms with Crippen LogP contribution in [0.5, 0.6) is 11.5 Å². The molecule has 1 heterocycles. The zero-order valence-electron chi connectivity index (χ0n) is 16.4. The standard InChI is InChI=1S/C21H27N3O3/c1-15-6-5-7-17(12-15)24-11-10-23(14-16(24)2)21(25)22-19-13-18(26-3)8-9-20(19)27-4/h5-9,12-13,16H,10-11,14H2,1-4H3,(H,22,25). The van der Waals surface area contributed by atoms with Crippen molar-refractivity contribution in [1.29, 1.82) is 0 Å². The minimum absolute atomic E-state index is 0.128. The van der Waals surface area contributed by atoms with Crippen molar-refractivity contribution in [3.63, 3.8) is 0 Å². The van der Waals surface area contributed by atoms with Gasteiger partial charge in [0.05, 0.1) is 19.9 Å². The summed E-state index contributed by atoms with van der Waals surface area (Å²) in [5, 5.41) is 2.95. The molecule has 3 rings (SSSR count). The second-order valence-corrected chi connectivity index (χ2v) is 6.82. The van der Waals surface area contributed by atoms with Crippen molar-refractivity contribution in [1.82, 2.24) is 4.90 Å². The maximum absolute atomic E-state index is 12.8. The quantitative estimate of drug-likeness (QED) is 0.892. The third-order valence-corrected chi connectivity index (χ3v) is 4.90. The average molecular weight is 369 g/mol. The molecular formula is C21H27N3O3. The van der Waals surface area contributed by atoms with Gasteiger partial charge in [0, 0.05) is 37.4 Å². The Morgan fingerprint density at radius 3 is 2.59 bits per heavy atom. The zero-order valence-corrected chi connectivity index (χ0v) is 16.4. The van der Waals surface area contributed by atoms with Gasteiger partial charge in [-0.15, -0.1) is 0 Å². The number of piperazine rings is 1. The molecule has 1 aliphatic rings. The van der Waals surface area contributed by atoms with E-state index >= 15 is 0 Å². The number of nitrogens with zero attached hydrogens (tertiary/aromatic N) is 2. The number of carbonyl (C=O) groups is 1. The third-order valence-electron chi connectivity index (χ3n) is 4.90. The molecule has 2 aromatic rings. The number of nitrogens with one attached hydrogen (secondary N) is 1. The van der Waals surface area contributed by atoms with Gasteiger partial charge in [-0.3, -0.25) is 0 Å². The lowest BCUT2D eigenvalue weighted by Crippen LogP contribution is -2.54. The number of ether oxygens (including phenoxy) is 2. The molecule has 1 atom stereocenters. The summed E-state index contributed by atoms with van der Waals surface area (Å²) < 4.78 is 10.6. The van der Waals surface area contributed by atoms with E-state index in [1.54, 1.807) is 32.4 Å². The summed E-state index contributed by atoms with van der Waals surface area (Å²) in [6.45, 7) is 6.36. The van der Waals surface area contributed by atoms with Crippen molar-refractivity contribution >= 4 is 17.4 Å². The molecule has 0 saturated carbocycles. The molecule has 1 fully saturated rings. The van der Waals surface area contributed by atoms with Gasteiger partial charge >= 0.3 is 6.03 Å². The third kappa shape index (κ3) is 4.27. The first-order valence-corrected chi connectivity index (χ1v) is 9.13. The fourth-order valence-electron chi connectivity index (χ4n) is 3.44. The molecule has 6 heteroatoms. The predicted molar refractivity (Wildman–Crippen MR) is 108 cm³/mol. The number of hydrogen-bond acceptors (Lipinski definition) is 4. The normalized spacial score (nSPS) is 16.8. The van der Waals surface area contributed by atoms with Crippen LogP contribution in [0.1, 0.15) is 12.5 Å². The average Bonchev–Trinajstić information content (AvgIpc) is 2.67. The number of methoxy groups -OCH3 is 2. The number of benzene rings is 2. The van der Waals surface area contributed by atoms with Crippen molar-refractivity contribution in [2.75, 3.05) is 44.1 Å². The lowest BCUT2D eigenvalue weighted by atomic mass is 10.1. The maximum Gasteiger partial charge on any atom is 0.322 e. The van der Waals surface area contributed by atoms with E-state index < -0.39 is 0 Å². The SMILES string of the molecule is COc1ccc(OC)c(NC(=O)N2CCN(c3cccc(C)c3)C(C)C2)c1. The number of aryl methyl sites for hydroxylation is 1. The summed E-state index contributed by atoms with van der Waals surface area (Å²) in [6, 6.07) is 13.9. The zero-order chi connectivity index (χ0) is 19.4. The number of anilines is 2. The number of rotatable bonds is 4. The molecule has 1 saturated heterocycles. The number of amides is 2. The summed E-state index contributed by atoms with van der Waals surface area (Å²) >= 11 is 0. The van der Waals surface area contributed by atoms with Crippen molar-refractivity contribution in [3.8, 4) is 11.5 Å². The van der Waals surface area contributed by atoms with Crippen LogP contribution in [-0.2, 0) is 0 Å². The highest BCUT2D eigenvalue weighted by molar-refractivity contribution is 5.91. The first kappa shape index (κ1) is 18.9. The smallest absolute Gasteiger partial charge is 0.322 e. The van der Waals surface area contributed by atoms with Crippen LogP contribution in [0.3, 0.4) is 0 Å². The Bertz CT molecular complexity index is 809. The van der Waals surface area contributed by atoms with E-state index in [0.717, 1.165) is 6.54 Å². The van der Waals surface area contributed by atoms with Gasteiger partial charge in [-0.1, -0.05) is 12.1 Å². The highest BCUT2D eigenvalue weighted by Gasteiger charge is 2.27. The molecule has 1 aliphatic heterocycles. The van der Waals surface area contributed by atoms with E-state index in [-0.39, 0.29) is 12.1 Å². The first-order chi connectivity index (χ1) is 13.0. The van der Waals surface area contributed by atoms with Gasteiger partial charge in [-0.2, -0.15) is 0 Å². The van der Waals surface area contributed by atoms with Crippen LogP contribution in [0, 0.1) is 6.92 Å². The lowest BCUT2D eigenvalue weighted by molar-refractivity contribution is 0.200. The van der Waals surface area contributed by atoms with E-state index in [9.17, 15) is 4.79 Å². The molecule has 0 radical (unpaired) electrons. The number of hydrogen-bond donors (Lipinski definition) is 1. The predicted octanol–water partition coefficient (Wildman–Crippen LogP) is 3.75. The van der Waals surface area contributed by atoms with E-state index in [1.807, 2.05) is 4.90 Å². The van der Waals surface area contributed by atoms with Crippen LogP contribution in [0.2, 0.25) is 0 Å². The Hall–Kier alpha value is -2.89. The van der Waals surface area contributed by atoms with Crippen molar-refractivity contribution in [3.05, 3.63) is 48.0 Å². The topological polar surface area (TPSA) is 54.0 Å². The van der Waals surface area contributed by atoms with Gasteiger partial charge in [-0.25, -0.2) is 4.79 Å². The molecule has 0 aromatic heterocycles. The second-order valence-electron chi connectivity index (χ2n) is 6.82. The van der Waals surface area contributed by atoms with Gasteiger partial charge in [-0.05, 0) is 43.7 Å². The molecular weight excluding hydrogens is 342 g/mol. The molecule has 144 valence electrons. The second kappa shape index (κ2) is 8.20. The molecule has 27 heavy (non-hydrogen) atoms. The molecule has 2 amide bonds. The Balaban J connectivity index is 1.68. The molecule has 1 unspecified atom stereocenters. The van der Waals surface area contributed by atoms with Crippen LogP contribution in [0.15, 0.2) is 42.5 Å². The van der Waals surface area contributed by atoms with E-state index in [2.05, 4.69) is 48.3 Å². The Labute approximate surface area is 160 Å². The summed E-state index contributed by atoms with van der Waals surface area (Å²) in [5.41, 5.74) is 3.05. The van der Waals surface area contributed by atoms with Crippen LogP contribution < -0.4 is 19.7 Å². The van der Waals surface area contributed by atoms with Gasteiger partial charge in [0.2, 0.25) is 0 Å². The van der Waals surface area contributed by atoms with Gasteiger partial charge in [0.15, 0.2) is 0 Å². The monoisotopic (exact) mass is 369 g/mol. The number of carbonyl (C=O) groups excluding carboxylic acids is 1. The minimum atomic E-state index is -0.128. The Morgan fingerprint density at radius 2 is 1.93 bits per heavy atom. The van der Waals surface area contributed by atoms with Crippen LogP contribution in [-0.4, -0.2) is 50.8 Å².